The average molecular weight is 181 g/mol. The Bertz CT molecular complexity index is 307. The van der Waals surface area contributed by atoms with Crippen LogP contribution in [0.5, 0.6) is 0 Å². The highest BCUT2D eigenvalue weighted by Gasteiger charge is 1.97. The number of hydrazone groups is 1. The summed E-state index contributed by atoms with van der Waals surface area (Å²) >= 11 is 0. The maximum absolute atomic E-state index is 10.4. The van der Waals surface area contributed by atoms with Gasteiger partial charge in [0, 0.05) is 5.56 Å². The predicted molar refractivity (Wildman–Crippen MR) is 49.0 cm³/mol. The normalized spacial score (nSPS) is 11.4. The molecule has 0 spiro atoms. The molecule has 0 radical (unpaired) electrons. The summed E-state index contributed by atoms with van der Waals surface area (Å²) in [5, 5.41) is 21.9. The third-order valence-corrected chi connectivity index (χ3v) is 1.52. The van der Waals surface area contributed by atoms with Crippen molar-refractivity contribution in [2.75, 3.05) is 5.23 Å². The quantitative estimate of drug-likeness (QED) is 0.256. The van der Waals surface area contributed by atoms with E-state index in [0.29, 0.717) is 5.56 Å². The van der Waals surface area contributed by atoms with Gasteiger partial charge in [-0.3, -0.25) is 5.21 Å². The van der Waals surface area contributed by atoms with Crippen LogP contribution in [0.2, 0.25) is 0 Å². The molecule has 6 heteroatoms. The number of hydrogen-bond donors (Lipinski definition) is 3. The Labute approximate surface area is 74.6 Å². The Morgan fingerprint density at radius 2 is 1.92 bits per heavy atom. The van der Waals surface area contributed by atoms with Gasteiger partial charge in [0.05, 0.1) is 5.69 Å². The Hall–Kier alpha value is -1.79. The van der Waals surface area contributed by atoms with Crippen molar-refractivity contribution in [2.45, 2.75) is 0 Å². The highest BCUT2D eigenvalue weighted by Crippen LogP contribution is 2.11. The second-order valence-electron chi connectivity index (χ2n) is 2.33. The van der Waals surface area contributed by atoms with Crippen LogP contribution < -0.4 is 16.8 Å². The zero-order valence-corrected chi connectivity index (χ0v) is 6.71. The van der Waals surface area contributed by atoms with Crippen LogP contribution in [0.3, 0.4) is 0 Å². The number of hydrogen-bond acceptors (Lipinski definition) is 5. The summed E-state index contributed by atoms with van der Waals surface area (Å²) in [6.45, 7) is 0. The smallest absolute Gasteiger partial charge is 0.150 e. The van der Waals surface area contributed by atoms with Crippen LogP contribution in [-0.2, 0) is 0 Å². The molecule has 0 saturated heterocycles. The molecule has 0 aliphatic rings. The fraction of sp³-hybridized carbons (Fsp3) is 0. The van der Waals surface area contributed by atoms with Gasteiger partial charge in [-0.2, -0.15) is 5.10 Å². The Morgan fingerprint density at radius 3 is 2.31 bits per heavy atom. The first-order valence-corrected chi connectivity index (χ1v) is 3.45. The molecule has 1 aromatic carbocycles. The van der Waals surface area contributed by atoms with Gasteiger partial charge in [-0.1, -0.05) is 0 Å². The van der Waals surface area contributed by atoms with E-state index in [9.17, 15) is 5.21 Å². The molecule has 0 aromatic heterocycles. The van der Waals surface area contributed by atoms with E-state index in [1.54, 1.807) is 0 Å². The maximum Gasteiger partial charge on any atom is 0.150 e. The van der Waals surface area contributed by atoms with Crippen LogP contribution in [0.4, 0.5) is 5.69 Å². The van der Waals surface area contributed by atoms with Crippen LogP contribution in [0.1, 0.15) is 5.56 Å². The van der Waals surface area contributed by atoms with Crippen LogP contribution in [-0.4, -0.2) is 11.0 Å². The number of nitrogens with two attached hydrogens (primary N) is 2. The minimum absolute atomic E-state index is 0.119. The van der Waals surface area contributed by atoms with Crippen molar-refractivity contribution in [2.24, 2.45) is 16.7 Å². The fourth-order valence-electron chi connectivity index (χ4n) is 0.834. The molecule has 6 nitrogen and oxygen atoms in total. The molecule has 0 saturated carbocycles. The minimum Gasteiger partial charge on any atom is -0.733 e. The van der Waals surface area contributed by atoms with Crippen molar-refractivity contribution in [3.05, 3.63) is 35.0 Å². The summed E-state index contributed by atoms with van der Waals surface area (Å²) in [4.78, 5) is 0. The van der Waals surface area contributed by atoms with Crippen LogP contribution in [0, 0.1) is 5.21 Å². The van der Waals surface area contributed by atoms with Gasteiger partial charge in [0.2, 0.25) is 0 Å². The number of benzene rings is 1. The van der Waals surface area contributed by atoms with Crippen LogP contribution in [0.25, 0.3) is 0 Å². The molecule has 0 amide bonds. The molecule has 0 aliphatic carbocycles. The lowest BCUT2D eigenvalue weighted by atomic mass is 10.2. The van der Waals surface area contributed by atoms with Gasteiger partial charge in [-0.25, -0.2) is 0 Å². The van der Waals surface area contributed by atoms with E-state index in [4.69, 9.17) is 16.8 Å². The SMILES string of the molecule is NN=C(N)c1ccc(N([O-])O)cc1. The van der Waals surface area contributed by atoms with Crippen molar-refractivity contribution < 1.29 is 5.21 Å². The van der Waals surface area contributed by atoms with Gasteiger partial charge in [0.25, 0.3) is 0 Å². The lowest BCUT2D eigenvalue weighted by Gasteiger charge is -2.21. The van der Waals surface area contributed by atoms with Crippen molar-refractivity contribution in [1.82, 2.24) is 0 Å². The molecule has 1 rings (SSSR count). The van der Waals surface area contributed by atoms with Crippen molar-refractivity contribution in [3.8, 4) is 0 Å². The summed E-state index contributed by atoms with van der Waals surface area (Å²) in [6.07, 6.45) is 0. The summed E-state index contributed by atoms with van der Waals surface area (Å²) in [7, 11) is 0. The Kier molecular flexibility index (Phi) is 2.68. The van der Waals surface area contributed by atoms with E-state index < -0.39 is 0 Å². The lowest BCUT2D eigenvalue weighted by Crippen LogP contribution is -2.15. The molecular formula is C7H9N4O2-. The van der Waals surface area contributed by atoms with Gasteiger partial charge >= 0.3 is 0 Å². The third-order valence-electron chi connectivity index (χ3n) is 1.52. The van der Waals surface area contributed by atoms with E-state index in [2.05, 4.69) is 5.10 Å². The predicted octanol–water partition coefficient (Wildman–Crippen LogP) is -0.0410. The number of nitrogens with zero attached hydrogens (tertiary/aromatic N) is 2. The maximum atomic E-state index is 10.4. The number of anilines is 1. The molecule has 70 valence electrons. The molecule has 0 atom stereocenters. The highest BCUT2D eigenvalue weighted by molar-refractivity contribution is 5.97. The van der Waals surface area contributed by atoms with Gasteiger partial charge in [0.15, 0.2) is 0 Å². The van der Waals surface area contributed by atoms with Crippen LogP contribution in [0.15, 0.2) is 29.4 Å². The molecule has 0 fully saturated rings. The molecule has 0 heterocycles. The zero-order chi connectivity index (χ0) is 9.84. The molecular weight excluding hydrogens is 172 g/mol. The van der Waals surface area contributed by atoms with E-state index in [0.717, 1.165) is 0 Å². The Morgan fingerprint density at radius 1 is 1.38 bits per heavy atom. The number of amidine groups is 1. The second-order valence-corrected chi connectivity index (χ2v) is 2.33. The summed E-state index contributed by atoms with van der Waals surface area (Å²) in [5.74, 6) is 5.11. The zero-order valence-electron chi connectivity index (χ0n) is 6.71. The molecule has 0 unspecified atom stereocenters. The van der Waals surface area contributed by atoms with E-state index in [1.807, 2.05) is 0 Å². The van der Waals surface area contributed by atoms with Gasteiger partial charge < -0.3 is 22.0 Å². The van der Waals surface area contributed by atoms with Crippen molar-refractivity contribution in [1.29, 1.82) is 0 Å². The van der Waals surface area contributed by atoms with Crippen LogP contribution >= 0.6 is 0 Å². The van der Waals surface area contributed by atoms with Crippen molar-refractivity contribution in [3.63, 3.8) is 0 Å². The molecule has 5 N–H and O–H groups in total. The highest BCUT2D eigenvalue weighted by atomic mass is 16.8. The second kappa shape index (κ2) is 3.74. The first kappa shape index (κ1) is 9.30. The first-order valence-electron chi connectivity index (χ1n) is 3.45. The summed E-state index contributed by atoms with van der Waals surface area (Å²) < 4.78 is 0. The van der Waals surface area contributed by atoms with Gasteiger partial charge in [-0.15, -0.1) is 0 Å². The Balaban J connectivity index is 2.94. The van der Waals surface area contributed by atoms with E-state index in [1.165, 1.54) is 24.3 Å². The van der Waals surface area contributed by atoms with Crippen molar-refractivity contribution >= 4 is 11.5 Å². The van der Waals surface area contributed by atoms with E-state index in [-0.39, 0.29) is 16.7 Å². The largest absolute Gasteiger partial charge is 0.733 e. The molecule has 1 aromatic rings. The summed E-state index contributed by atoms with van der Waals surface area (Å²) in [5.41, 5.74) is 6.10. The first-order chi connectivity index (χ1) is 6.15. The standard InChI is InChI=1S/C7H9N4O2/c8-7(10-9)5-1-3-6(4-2-5)11(12)13/h1-4,12H,9H2,(H2,8,10)/q-1. The molecule has 0 aliphatic heterocycles. The molecule has 13 heavy (non-hydrogen) atoms. The third kappa shape index (κ3) is 2.08. The minimum atomic E-state index is -0.237. The summed E-state index contributed by atoms with van der Waals surface area (Å²) in [6, 6.07) is 5.87. The lowest BCUT2D eigenvalue weighted by molar-refractivity contribution is 0.296. The molecule has 0 bridgehead atoms. The van der Waals surface area contributed by atoms with Gasteiger partial charge in [0.1, 0.15) is 5.84 Å². The van der Waals surface area contributed by atoms with E-state index >= 15 is 0 Å². The topological polar surface area (TPSA) is 111 Å². The fourth-order valence-corrected chi connectivity index (χ4v) is 0.834. The average Bonchev–Trinajstić information content (AvgIpc) is 2.17. The number of rotatable bonds is 2. The van der Waals surface area contributed by atoms with Gasteiger partial charge in [-0.05, 0) is 24.3 Å². The monoisotopic (exact) mass is 181 g/mol.